The van der Waals surface area contributed by atoms with Crippen molar-refractivity contribution in [3.8, 4) is 11.8 Å². The summed E-state index contributed by atoms with van der Waals surface area (Å²) in [4.78, 5) is 11.6. The third-order valence-corrected chi connectivity index (χ3v) is 4.74. The van der Waals surface area contributed by atoms with Gasteiger partial charge >= 0.3 is 5.97 Å². The predicted octanol–water partition coefficient (Wildman–Crippen LogP) is 4.70. The van der Waals surface area contributed by atoms with Gasteiger partial charge in [-0.25, -0.2) is 4.79 Å². The van der Waals surface area contributed by atoms with Crippen LogP contribution in [0.15, 0.2) is 57.0 Å². The highest BCUT2D eigenvalue weighted by molar-refractivity contribution is 8.03. The fraction of sp³-hybridized carbons (Fsp3) is 0.100. The number of aliphatic carboxylic acids is 1. The van der Waals surface area contributed by atoms with Crippen molar-refractivity contribution in [2.75, 3.05) is 0 Å². The number of hydrogen-bond acceptors (Lipinski definition) is 7. The molecule has 0 saturated heterocycles. The Labute approximate surface area is 175 Å². The number of nitriles is 1. The molecule has 0 aliphatic carbocycles. The molecular weight excluding hydrogens is 414 g/mol. The molecule has 9 heteroatoms. The van der Waals surface area contributed by atoms with Gasteiger partial charge in [0.1, 0.15) is 17.3 Å². The smallest absolute Gasteiger partial charge is 0.342 e. The molecule has 2 aromatic carbocycles. The molecule has 0 aliphatic heterocycles. The van der Waals surface area contributed by atoms with Crippen LogP contribution in [-0.2, 0) is 11.4 Å². The number of benzene rings is 2. The van der Waals surface area contributed by atoms with Crippen molar-refractivity contribution in [1.82, 2.24) is 10.2 Å². The van der Waals surface area contributed by atoms with Crippen molar-refractivity contribution in [2.45, 2.75) is 18.8 Å². The molecule has 0 radical (unpaired) electrons. The molecule has 3 rings (SSSR count). The molecule has 0 saturated carbocycles. The van der Waals surface area contributed by atoms with E-state index in [0.717, 1.165) is 17.3 Å². The first-order valence-corrected chi connectivity index (χ1v) is 9.48. The number of carboxylic acid groups (broad SMARTS) is 1. The summed E-state index contributed by atoms with van der Waals surface area (Å²) >= 11 is 6.92. The fourth-order valence-corrected chi connectivity index (χ4v) is 3.18. The average molecular weight is 428 g/mol. The van der Waals surface area contributed by atoms with E-state index in [2.05, 4.69) is 16.3 Å². The molecule has 146 valence electrons. The van der Waals surface area contributed by atoms with E-state index in [1.54, 1.807) is 49.4 Å². The lowest BCUT2D eigenvalue weighted by Gasteiger charge is -2.11. The zero-order valence-electron chi connectivity index (χ0n) is 15.1. The molecule has 0 amide bonds. The summed E-state index contributed by atoms with van der Waals surface area (Å²) in [7, 11) is 0. The lowest BCUT2D eigenvalue weighted by atomic mass is 10.1. The number of rotatable bonds is 7. The summed E-state index contributed by atoms with van der Waals surface area (Å²) in [6.07, 6.45) is 1.44. The summed E-state index contributed by atoms with van der Waals surface area (Å²) in [5.74, 6) is -0.352. The maximum atomic E-state index is 11.7. The van der Waals surface area contributed by atoms with Gasteiger partial charge in [0, 0.05) is 17.5 Å². The summed E-state index contributed by atoms with van der Waals surface area (Å²) < 4.78 is 11.1. The van der Waals surface area contributed by atoms with Crippen LogP contribution in [0.2, 0.25) is 5.02 Å². The molecule has 1 aromatic heterocycles. The Bertz CT molecular complexity index is 1100. The van der Waals surface area contributed by atoms with Crippen LogP contribution in [0.25, 0.3) is 6.08 Å². The van der Waals surface area contributed by atoms with Crippen molar-refractivity contribution < 1.29 is 19.1 Å². The van der Waals surface area contributed by atoms with Gasteiger partial charge < -0.3 is 14.3 Å². The zero-order chi connectivity index (χ0) is 20.8. The molecular formula is C20H14ClN3O4S. The van der Waals surface area contributed by atoms with Gasteiger partial charge in [0.05, 0.1) is 11.6 Å². The van der Waals surface area contributed by atoms with E-state index >= 15 is 0 Å². The Morgan fingerprint density at radius 2 is 2.07 bits per heavy atom. The normalized spacial score (nSPS) is 11.1. The second-order valence-electron chi connectivity index (χ2n) is 5.78. The van der Waals surface area contributed by atoms with Crippen molar-refractivity contribution in [2.24, 2.45) is 0 Å². The molecule has 0 unspecified atom stereocenters. The number of thioether (sulfide) groups is 1. The fourth-order valence-electron chi connectivity index (χ4n) is 2.29. The number of carboxylic acids is 1. The average Bonchev–Trinajstić information content (AvgIpc) is 3.12. The molecule has 3 aromatic rings. The van der Waals surface area contributed by atoms with Crippen molar-refractivity contribution in [3.63, 3.8) is 0 Å². The summed E-state index contributed by atoms with van der Waals surface area (Å²) in [5, 5.41) is 26.5. The van der Waals surface area contributed by atoms with E-state index in [1.807, 2.05) is 0 Å². The first-order valence-electron chi connectivity index (χ1n) is 8.29. The molecule has 0 spiro atoms. The summed E-state index contributed by atoms with van der Waals surface area (Å²) in [5.41, 5.74) is 1.92. The summed E-state index contributed by atoms with van der Waals surface area (Å²) in [6, 6.07) is 14.0. The number of hydrogen-bond donors (Lipinski definition) is 1. The zero-order valence-corrected chi connectivity index (χ0v) is 16.7. The molecule has 7 nitrogen and oxygen atoms in total. The number of halogens is 1. The monoisotopic (exact) mass is 427 g/mol. The van der Waals surface area contributed by atoms with E-state index < -0.39 is 5.97 Å². The highest BCUT2D eigenvalue weighted by Crippen LogP contribution is 2.32. The number of carbonyl (C=O) groups is 1. The van der Waals surface area contributed by atoms with Crippen molar-refractivity contribution in [1.29, 1.82) is 5.26 Å². The molecule has 1 heterocycles. The van der Waals surface area contributed by atoms with Gasteiger partial charge in [0.25, 0.3) is 5.22 Å². The van der Waals surface area contributed by atoms with Gasteiger partial charge in [-0.15, -0.1) is 10.2 Å². The standard InChI is InChI=1S/C20H14ClN3O4S/c1-12-23-24-20(28-12)29-18(19(25)26)9-15-8-16(21)6-7-17(15)27-11-14-4-2-13(10-22)3-5-14/h2-9H,11H2,1H3,(H,25,26)/b18-9-. The highest BCUT2D eigenvalue weighted by atomic mass is 35.5. The Morgan fingerprint density at radius 3 is 2.69 bits per heavy atom. The van der Waals surface area contributed by atoms with Crippen LogP contribution < -0.4 is 4.74 Å². The number of ether oxygens (including phenoxy) is 1. The third-order valence-electron chi connectivity index (χ3n) is 3.65. The highest BCUT2D eigenvalue weighted by Gasteiger charge is 2.16. The Morgan fingerprint density at radius 1 is 1.31 bits per heavy atom. The largest absolute Gasteiger partial charge is 0.488 e. The van der Waals surface area contributed by atoms with Crippen LogP contribution in [0.3, 0.4) is 0 Å². The minimum atomic E-state index is -1.15. The quantitative estimate of drug-likeness (QED) is 0.426. The van der Waals surface area contributed by atoms with Crippen molar-refractivity contribution >= 4 is 35.4 Å². The van der Waals surface area contributed by atoms with Gasteiger partial charge in [-0.1, -0.05) is 23.7 Å². The minimum Gasteiger partial charge on any atom is -0.488 e. The van der Waals surface area contributed by atoms with E-state index in [9.17, 15) is 9.90 Å². The maximum Gasteiger partial charge on any atom is 0.342 e. The van der Waals surface area contributed by atoms with Crippen molar-refractivity contribution in [3.05, 3.63) is 75.0 Å². The lowest BCUT2D eigenvalue weighted by molar-refractivity contribution is -0.131. The van der Waals surface area contributed by atoms with Gasteiger partial charge in [-0.3, -0.25) is 0 Å². The maximum absolute atomic E-state index is 11.7. The number of aromatic nitrogens is 2. The van der Waals surface area contributed by atoms with Crippen LogP contribution >= 0.6 is 23.4 Å². The molecule has 1 N–H and O–H groups in total. The Hall–Kier alpha value is -3.28. The first kappa shape index (κ1) is 20.5. The Kier molecular flexibility index (Phi) is 6.54. The lowest BCUT2D eigenvalue weighted by Crippen LogP contribution is -2.00. The van der Waals surface area contributed by atoms with Gasteiger partial charge in [-0.2, -0.15) is 5.26 Å². The summed E-state index contributed by atoms with van der Waals surface area (Å²) in [6.45, 7) is 1.86. The number of nitrogens with zero attached hydrogens (tertiary/aromatic N) is 3. The second kappa shape index (κ2) is 9.28. The third kappa shape index (κ3) is 5.60. The molecule has 0 bridgehead atoms. The van der Waals surface area contributed by atoms with E-state index in [4.69, 9.17) is 26.0 Å². The van der Waals surface area contributed by atoms with Gasteiger partial charge in [-0.05, 0) is 53.7 Å². The second-order valence-corrected chi connectivity index (χ2v) is 7.21. The molecule has 29 heavy (non-hydrogen) atoms. The van der Waals surface area contributed by atoms with Gasteiger partial charge in [0.15, 0.2) is 0 Å². The molecule has 0 fully saturated rings. The number of aryl methyl sites for hydroxylation is 1. The van der Waals surface area contributed by atoms with Crippen LogP contribution in [0.4, 0.5) is 0 Å². The van der Waals surface area contributed by atoms with E-state index in [0.29, 0.717) is 27.8 Å². The van der Waals surface area contributed by atoms with E-state index in [1.165, 1.54) is 6.08 Å². The van der Waals surface area contributed by atoms with Crippen LogP contribution in [-0.4, -0.2) is 21.3 Å². The topological polar surface area (TPSA) is 109 Å². The predicted molar refractivity (Wildman–Crippen MR) is 107 cm³/mol. The van der Waals surface area contributed by atoms with Gasteiger partial charge in [0.2, 0.25) is 5.89 Å². The van der Waals surface area contributed by atoms with Crippen LogP contribution in [0.1, 0.15) is 22.6 Å². The SMILES string of the molecule is Cc1nnc(S/C(=C\c2cc(Cl)ccc2OCc2ccc(C#N)cc2)C(=O)O)o1. The molecule has 0 atom stereocenters. The Balaban J connectivity index is 1.84. The van der Waals surface area contributed by atoms with Crippen LogP contribution in [0, 0.1) is 18.3 Å². The van der Waals surface area contributed by atoms with Crippen LogP contribution in [0.5, 0.6) is 5.75 Å². The molecule has 0 aliphatic rings. The minimum absolute atomic E-state index is 0.0286. The van der Waals surface area contributed by atoms with E-state index in [-0.39, 0.29) is 16.7 Å². The first-order chi connectivity index (χ1) is 13.9.